The van der Waals surface area contributed by atoms with Crippen LogP contribution in [0.4, 0.5) is 0 Å². The normalized spacial score (nSPS) is 13.4. The number of carbonyl (C=O) groups is 1. The van der Waals surface area contributed by atoms with Gasteiger partial charge in [0.2, 0.25) is 0 Å². The van der Waals surface area contributed by atoms with Crippen molar-refractivity contribution in [2.45, 2.75) is 84.4 Å². The number of unbranched alkanes of at least 4 members (excludes halogenated alkanes) is 4. The van der Waals surface area contributed by atoms with E-state index < -0.39 is 8.32 Å². The molecule has 0 saturated heterocycles. The van der Waals surface area contributed by atoms with E-state index in [1.807, 2.05) is 0 Å². The molecule has 0 aromatic rings. The van der Waals surface area contributed by atoms with E-state index in [2.05, 4.69) is 52.6 Å². The molecular formula is C18H34O2Si. The van der Waals surface area contributed by atoms with Crippen LogP contribution in [0.2, 0.25) is 18.1 Å². The van der Waals surface area contributed by atoms with Gasteiger partial charge in [-0.15, -0.1) is 0 Å². The van der Waals surface area contributed by atoms with Crippen molar-refractivity contribution < 1.29 is 9.22 Å². The summed E-state index contributed by atoms with van der Waals surface area (Å²) in [6.07, 6.45) is 8.04. The molecule has 0 radical (unpaired) electrons. The van der Waals surface area contributed by atoms with Gasteiger partial charge >= 0.3 is 0 Å². The summed E-state index contributed by atoms with van der Waals surface area (Å²) in [6.45, 7) is 14.2. The summed E-state index contributed by atoms with van der Waals surface area (Å²) >= 11 is 0. The molecule has 122 valence electrons. The van der Waals surface area contributed by atoms with Crippen molar-refractivity contribution in [1.29, 1.82) is 0 Å². The van der Waals surface area contributed by atoms with Gasteiger partial charge in [0.1, 0.15) is 0 Å². The number of hydrogen-bond acceptors (Lipinski definition) is 2. The molecule has 0 saturated carbocycles. The van der Waals surface area contributed by atoms with E-state index >= 15 is 0 Å². The summed E-state index contributed by atoms with van der Waals surface area (Å²) in [5.74, 6) is 5.84. The standard InChI is InChI=1S/C18H34O2Si/c1-7-8-9-10-11-13-17(14-12-15-19)16-20-21(5,6)18(2,3)4/h15,17H,7-11,13,16H2,1-6H3. The molecule has 0 aliphatic heterocycles. The van der Waals surface area contributed by atoms with Crippen molar-refractivity contribution >= 4 is 14.6 Å². The van der Waals surface area contributed by atoms with Gasteiger partial charge in [-0.25, -0.2) is 0 Å². The number of rotatable bonds is 9. The van der Waals surface area contributed by atoms with Crippen molar-refractivity contribution in [1.82, 2.24) is 0 Å². The van der Waals surface area contributed by atoms with Crippen LogP contribution in [0.3, 0.4) is 0 Å². The number of carbonyl (C=O) groups excluding carboxylic acids is 1. The Balaban J connectivity index is 4.34. The van der Waals surface area contributed by atoms with Crippen LogP contribution in [-0.4, -0.2) is 21.2 Å². The highest BCUT2D eigenvalue weighted by Crippen LogP contribution is 2.36. The van der Waals surface area contributed by atoms with E-state index in [9.17, 15) is 4.79 Å². The highest BCUT2D eigenvalue weighted by Gasteiger charge is 2.37. The lowest BCUT2D eigenvalue weighted by Gasteiger charge is -2.36. The maximum atomic E-state index is 10.5. The predicted molar refractivity (Wildman–Crippen MR) is 93.9 cm³/mol. The highest BCUT2D eigenvalue weighted by atomic mass is 28.4. The largest absolute Gasteiger partial charge is 0.416 e. The van der Waals surface area contributed by atoms with Crippen LogP contribution in [0.5, 0.6) is 0 Å². The van der Waals surface area contributed by atoms with Crippen molar-refractivity contribution in [2.75, 3.05) is 6.61 Å². The Morgan fingerprint density at radius 1 is 1.14 bits per heavy atom. The van der Waals surface area contributed by atoms with Gasteiger partial charge in [0, 0.05) is 12.5 Å². The molecule has 1 unspecified atom stereocenters. The smallest absolute Gasteiger partial charge is 0.192 e. The SMILES string of the molecule is CCCCCCCC(C#CC=O)CO[Si](C)(C)C(C)(C)C. The predicted octanol–water partition coefficient (Wildman–Crippen LogP) is 5.19. The van der Waals surface area contributed by atoms with Gasteiger partial charge in [-0.1, -0.05) is 65.7 Å². The molecule has 0 aromatic carbocycles. The van der Waals surface area contributed by atoms with Gasteiger partial charge in [0.05, 0.1) is 0 Å². The van der Waals surface area contributed by atoms with Crippen LogP contribution in [0.1, 0.15) is 66.2 Å². The summed E-state index contributed by atoms with van der Waals surface area (Å²) < 4.78 is 6.25. The monoisotopic (exact) mass is 310 g/mol. The van der Waals surface area contributed by atoms with E-state index in [0.29, 0.717) is 12.9 Å². The second-order valence-corrected chi connectivity index (χ2v) is 12.2. The third-order valence-corrected chi connectivity index (χ3v) is 8.95. The minimum absolute atomic E-state index is 0.200. The molecular weight excluding hydrogens is 276 g/mol. The summed E-state index contributed by atoms with van der Waals surface area (Å²) in [4.78, 5) is 10.5. The lowest BCUT2D eigenvalue weighted by molar-refractivity contribution is -0.103. The first-order valence-electron chi connectivity index (χ1n) is 8.33. The van der Waals surface area contributed by atoms with Crippen LogP contribution >= 0.6 is 0 Å². The van der Waals surface area contributed by atoms with Gasteiger partial charge in [0.25, 0.3) is 0 Å². The van der Waals surface area contributed by atoms with Gasteiger partial charge in [-0.3, -0.25) is 4.79 Å². The lowest BCUT2D eigenvalue weighted by atomic mass is 10.0. The molecule has 0 rings (SSSR count). The Bertz CT molecular complexity index is 344. The van der Waals surface area contributed by atoms with Gasteiger partial charge in [0.15, 0.2) is 14.6 Å². The molecule has 0 aliphatic carbocycles. The highest BCUT2D eigenvalue weighted by molar-refractivity contribution is 6.74. The molecule has 0 fully saturated rings. The first-order valence-corrected chi connectivity index (χ1v) is 11.2. The van der Waals surface area contributed by atoms with Gasteiger partial charge in [-0.05, 0) is 30.5 Å². The van der Waals surface area contributed by atoms with E-state index in [0.717, 1.165) is 6.42 Å². The molecule has 0 amide bonds. The molecule has 0 aromatic heterocycles. The molecule has 21 heavy (non-hydrogen) atoms. The van der Waals surface area contributed by atoms with E-state index in [-0.39, 0.29) is 11.0 Å². The third-order valence-electron chi connectivity index (χ3n) is 4.45. The minimum Gasteiger partial charge on any atom is -0.416 e. The zero-order chi connectivity index (χ0) is 16.4. The second-order valence-electron chi connectivity index (χ2n) is 7.38. The van der Waals surface area contributed by atoms with Crippen LogP contribution in [-0.2, 0) is 9.22 Å². The maximum absolute atomic E-state index is 10.5. The lowest BCUT2D eigenvalue weighted by Crippen LogP contribution is -2.41. The molecule has 1 atom stereocenters. The Hall–Kier alpha value is -0.593. The van der Waals surface area contributed by atoms with Crippen LogP contribution < -0.4 is 0 Å². The summed E-state index contributed by atoms with van der Waals surface area (Å²) in [5.41, 5.74) is 0. The van der Waals surface area contributed by atoms with E-state index in [1.165, 1.54) is 32.1 Å². The summed E-state index contributed by atoms with van der Waals surface area (Å²) in [5, 5.41) is 0.219. The third kappa shape index (κ3) is 9.11. The fraction of sp³-hybridized carbons (Fsp3) is 0.833. The molecule has 0 aliphatic rings. The Kier molecular flexibility index (Phi) is 9.90. The Labute approximate surface area is 133 Å². The topological polar surface area (TPSA) is 26.3 Å². The van der Waals surface area contributed by atoms with E-state index in [4.69, 9.17) is 4.43 Å². The maximum Gasteiger partial charge on any atom is 0.192 e. The number of aldehydes is 1. The van der Waals surface area contributed by atoms with Crippen LogP contribution in [0.25, 0.3) is 0 Å². The fourth-order valence-electron chi connectivity index (χ4n) is 1.87. The minimum atomic E-state index is -1.72. The average Bonchev–Trinajstić information content (AvgIpc) is 2.39. The first-order chi connectivity index (χ1) is 9.74. The van der Waals surface area contributed by atoms with Crippen molar-refractivity contribution in [3.05, 3.63) is 0 Å². The average molecular weight is 311 g/mol. The van der Waals surface area contributed by atoms with Crippen molar-refractivity contribution in [3.8, 4) is 11.8 Å². The summed E-state index contributed by atoms with van der Waals surface area (Å²) in [6, 6.07) is 0. The fourth-order valence-corrected chi connectivity index (χ4v) is 2.92. The molecule has 0 N–H and O–H groups in total. The molecule has 2 nitrogen and oxygen atoms in total. The Morgan fingerprint density at radius 2 is 1.76 bits per heavy atom. The van der Waals surface area contributed by atoms with Crippen molar-refractivity contribution in [2.24, 2.45) is 5.92 Å². The van der Waals surface area contributed by atoms with Gasteiger partial charge in [-0.2, -0.15) is 0 Å². The van der Waals surface area contributed by atoms with Gasteiger partial charge < -0.3 is 4.43 Å². The number of hydrogen-bond donors (Lipinski definition) is 0. The van der Waals surface area contributed by atoms with Crippen molar-refractivity contribution in [3.63, 3.8) is 0 Å². The van der Waals surface area contributed by atoms with Crippen LogP contribution in [0, 0.1) is 17.8 Å². The zero-order valence-electron chi connectivity index (χ0n) is 14.9. The molecule has 0 spiro atoms. The second kappa shape index (κ2) is 10.2. The molecule has 0 heterocycles. The molecule has 0 bridgehead atoms. The van der Waals surface area contributed by atoms with Crippen LogP contribution in [0.15, 0.2) is 0 Å². The zero-order valence-corrected chi connectivity index (χ0v) is 15.9. The first kappa shape index (κ1) is 20.4. The quantitative estimate of drug-likeness (QED) is 0.254. The van der Waals surface area contributed by atoms with E-state index in [1.54, 1.807) is 0 Å². The Morgan fingerprint density at radius 3 is 2.29 bits per heavy atom. The molecule has 3 heteroatoms. The summed E-state index contributed by atoms with van der Waals surface area (Å²) in [7, 11) is -1.72.